The van der Waals surface area contributed by atoms with E-state index in [1.807, 2.05) is 0 Å². The Morgan fingerprint density at radius 1 is 1.00 bits per heavy atom. The van der Waals surface area contributed by atoms with Gasteiger partial charge in [0.15, 0.2) is 6.29 Å². The van der Waals surface area contributed by atoms with Crippen molar-refractivity contribution < 1.29 is 34.5 Å². The van der Waals surface area contributed by atoms with Crippen LogP contribution in [0.25, 0.3) is 0 Å². The van der Waals surface area contributed by atoms with Crippen molar-refractivity contribution in [1.29, 1.82) is 0 Å². The maximum absolute atomic E-state index is 13.1. The summed E-state index contributed by atoms with van der Waals surface area (Å²) in [7, 11) is 3.17. The highest BCUT2D eigenvalue weighted by molar-refractivity contribution is 8.20. The first-order valence-electron chi connectivity index (χ1n) is 11.0. The number of amides is 3. The van der Waals surface area contributed by atoms with Gasteiger partial charge in [-0.1, -0.05) is 26.1 Å². The predicted molar refractivity (Wildman–Crippen MR) is 135 cm³/mol. The largest absolute Gasteiger partial charge is 0.480 e. The van der Waals surface area contributed by atoms with Crippen molar-refractivity contribution in [3.8, 4) is 0 Å². The zero-order chi connectivity index (χ0) is 26.8. The fourth-order valence-electron chi connectivity index (χ4n) is 3.41. The summed E-state index contributed by atoms with van der Waals surface area (Å²) in [4.78, 5) is 51.7. The molecule has 4 atom stereocenters. The summed E-state index contributed by atoms with van der Waals surface area (Å²) in [5.74, 6) is -4.88. The summed E-state index contributed by atoms with van der Waals surface area (Å²) in [6, 6.07) is -1.42. The van der Waals surface area contributed by atoms with Gasteiger partial charge in [-0.15, -0.1) is 11.8 Å². The van der Waals surface area contributed by atoms with Crippen molar-refractivity contribution in [3.05, 3.63) is 0 Å². The van der Waals surface area contributed by atoms with Gasteiger partial charge in [0, 0.05) is 53.8 Å². The Balaban J connectivity index is 6.28. The number of carboxylic acid groups (broad SMARTS) is 1. The highest BCUT2D eigenvalue weighted by Gasteiger charge is 2.43. The number of rotatable bonds is 15. The molecule has 0 saturated carbocycles. The number of aliphatic hydroxyl groups is 2. The minimum atomic E-state index is -1.86. The van der Waals surface area contributed by atoms with Crippen LogP contribution < -0.4 is 10.6 Å². The molecule has 0 aliphatic carbocycles. The normalized spacial score (nSPS) is 15.3. The maximum atomic E-state index is 13.1. The number of carbonyl (C=O) groups is 4. The van der Waals surface area contributed by atoms with Crippen molar-refractivity contribution in [3.63, 3.8) is 0 Å². The summed E-state index contributed by atoms with van der Waals surface area (Å²) >= 11 is 6.09. The van der Waals surface area contributed by atoms with Crippen LogP contribution in [0, 0.1) is 23.2 Å². The Morgan fingerprint density at radius 2 is 1.56 bits per heavy atom. The van der Waals surface area contributed by atoms with Crippen molar-refractivity contribution in [2.24, 2.45) is 23.2 Å². The fraction of sp³-hybridized carbons (Fsp3) is 0.773. The molecule has 0 aliphatic heterocycles. The third kappa shape index (κ3) is 10.2. The first-order chi connectivity index (χ1) is 15.6. The third-order valence-corrected chi connectivity index (χ3v) is 6.79. The van der Waals surface area contributed by atoms with E-state index in [1.54, 1.807) is 27.9 Å². The minimum Gasteiger partial charge on any atom is -0.480 e. The van der Waals surface area contributed by atoms with E-state index in [0.717, 1.165) is 0 Å². The second-order valence-corrected chi connectivity index (χ2v) is 10.9. The number of nitrogens with zero attached hydrogens (tertiary/aromatic N) is 1. The van der Waals surface area contributed by atoms with Gasteiger partial charge in [-0.05, 0) is 33.6 Å². The van der Waals surface area contributed by atoms with Gasteiger partial charge in [-0.2, -0.15) is 0 Å². The van der Waals surface area contributed by atoms with Crippen molar-refractivity contribution in [2.75, 3.05) is 19.8 Å². The minimum absolute atomic E-state index is 0.0222. The van der Waals surface area contributed by atoms with Crippen molar-refractivity contribution >= 4 is 52.4 Å². The molecule has 10 nitrogen and oxygen atoms in total. The monoisotopic (exact) mass is 521 g/mol. The number of nitrogens with one attached hydrogen (secondary N) is 2. The number of thioether (sulfide) groups is 1. The van der Waals surface area contributed by atoms with Crippen LogP contribution in [0.3, 0.4) is 0 Å². The molecule has 5 N–H and O–H groups in total. The lowest BCUT2D eigenvalue weighted by molar-refractivity contribution is -0.162. The zero-order valence-electron chi connectivity index (χ0n) is 20.9. The van der Waals surface area contributed by atoms with E-state index in [9.17, 15) is 34.5 Å². The smallest absolute Gasteiger partial charge is 0.325 e. The van der Waals surface area contributed by atoms with Crippen molar-refractivity contribution in [2.45, 2.75) is 65.8 Å². The van der Waals surface area contributed by atoms with Crippen LogP contribution in [-0.2, 0) is 19.2 Å². The molecule has 0 aromatic heterocycles. The predicted octanol–water partition coefficient (Wildman–Crippen LogP) is 0.845. The maximum Gasteiger partial charge on any atom is 0.325 e. The van der Waals surface area contributed by atoms with E-state index in [0.29, 0.717) is 5.75 Å². The Kier molecular flexibility index (Phi) is 13.8. The van der Waals surface area contributed by atoms with Crippen LogP contribution in [0.15, 0.2) is 0 Å². The molecule has 0 fully saturated rings. The fourth-order valence-corrected chi connectivity index (χ4v) is 4.23. The molecule has 4 unspecified atom stereocenters. The molecule has 0 spiro atoms. The summed E-state index contributed by atoms with van der Waals surface area (Å²) in [5.41, 5.74) is -1.33. The van der Waals surface area contributed by atoms with E-state index in [2.05, 4.69) is 10.6 Å². The Hall–Kier alpha value is -1.76. The number of carbonyl (C=O) groups excluding carboxylic acids is 3. The molecule has 0 heterocycles. The third-order valence-electron chi connectivity index (χ3n) is 5.66. The summed E-state index contributed by atoms with van der Waals surface area (Å²) < 4.78 is 1.42. The molecule has 0 aromatic carbocycles. The summed E-state index contributed by atoms with van der Waals surface area (Å²) in [6.45, 7) is 7.82. The SMILES string of the molecule is CC(C)NC(=O)C(CC(CC(CSC=S)C(=O)N(C)C)C(=O)NC(C)C(=O)O)C(C)(C)C(O)O. The molecule has 0 aromatic rings. The molecule has 34 heavy (non-hydrogen) atoms. The molecule has 0 radical (unpaired) electrons. The molecular formula is C22H39N3O7S2. The topological polar surface area (TPSA) is 156 Å². The molecule has 0 bridgehead atoms. The van der Waals surface area contributed by atoms with Crippen LogP contribution in [0.1, 0.15) is 47.5 Å². The lowest BCUT2D eigenvalue weighted by Gasteiger charge is -2.37. The molecule has 0 rings (SSSR count). The first kappa shape index (κ1) is 32.2. The van der Waals surface area contributed by atoms with E-state index in [1.165, 1.54) is 42.1 Å². The zero-order valence-corrected chi connectivity index (χ0v) is 22.5. The summed E-state index contributed by atoms with van der Waals surface area (Å²) in [6.07, 6.45) is -1.96. The van der Waals surface area contributed by atoms with E-state index in [-0.39, 0.29) is 24.8 Å². The van der Waals surface area contributed by atoms with Gasteiger partial charge in [0.05, 0.1) is 0 Å². The Morgan fingerprint density at radius 3 is 1.97 bits per heavy atom. The highest BCUT2D eigenvalue weighted by atomic mass is 32.2. The lowest BCUT2D eigenvalue weighted by Crippen LogP contribution is -2.50. The highest BCUT2D eigenvalue weighted by Crippen LogP contribution is 2.37. The number of aliphatic hydroxyl groups excluding tert-OH is 1. The molecule has 0 aliphatic rings. The van der Waals surface area contributed by atoms with Gasteiger partial charge in [0.1, 0.15) is 6.04 Å². The molecular weight excluding hydrogens is 482 g/mol. The van der Waals surface area contributed by atoms with Crippen LogP contribution in [0.5, 0.6) is 0 Å². The molecule has 0 saturated heterocycles. The summed E-state index contributed by atoms with van der Waals surface area (Å²) in [5, 5.41) is 34.3. The van der Waals surface area contributed by atoms with Gasteiger partial charge < -0.3 is 30.9 Å². The molecule has 12 heteroatoms. The van der Waals surface area contributed by atoms with Crippen LogP contribution in [-0.4, -0.2) is 86.8 Å². The van der Waals surface area contributed by atoms with E-state index < -0.39 is 53.3 Å². The second-order valence-electron chi connectivity index (χ2n) is 9.51. The second kappa shape index (κ2) is 14.6. The van der Waals surface area contributed by atoms with Crippen LogP contribution in [0.4, 0.5) is 0 Å². The first-order valence-corrected chi connectivity index (χ1v) is 12.5. The number of carboxylic acids is 1. The molecule has 3 amide bonds. The van der Waals surface area contributed by atoms with Gasteiger partial charge in [-0.3, -0.25) is 19.2 Å². The van der Waals surface area contributed by atoms with Crippen LogP contribution >= 0.6 is 24.0 Å². The Labute approximate surface area is 211 Å². The Bertz CT molecular complexity index is 729. The van der Waals surface area contributed by atoms with E-state index in [4.69, 9.17) is 12.2 Å². The number of thiocarbonyl (C=S) groups is 1. The van der Waals surface area contributed by atoms with E-state index >= 15 is 0 Å². The van der Waals surface area contributed by atoms with Crippen LogP contribution in [0.2, 0.25) is 0 Å². The quantitative estimate of drug-likeness (QED) is 0.156. The molecule has 196 valence electrons. The number of hydrogen-bond donors (Lipinski definition) is 5. The van der Waals surface area contributed by atoms with Gasteiger partial charge in [0.2, 0.25) is 17.7 Å². The lowest BCUT2D eigenvalue weighted by atomic mass is 9.71. The van der Waals surface area contributed by atoms with Gasteiger partial charge in [-0.25, -0.2) is 0 Å². The van der Waals surface area contributed by atoms with Gasteiger partial charge >= 0.3 is 5.97 Å². The average molecular weight is 522 g/mol. The number of hydrogen-bond acceptors (Lipinski definition) is 8. The average Bonchev–Trinajstić information content (AvgIpc) is 2.71. The number of aliphatic carboxylic acids is 1. The standard InChI is InChI=1S/C22H39N3O7S2/c1-12(2)23-18(27)16(22(4,5)21(31)32)9-14(17(26)24-13(3)20(29)30)8-15(10-34-11-33)19(28)25(6)7/h11-16,21,31-32H,8-10H2,1-7H3,(H,23,27)(H,24,26)(H,29,30). The van der Waals surface area contributed by atoms with Crippen molar-refractivity contribution in [1.82, 2.24) is 15.5 Å². The van der Waals surface area contributed by atoms with Gasteiger partial charge in [0.25, 0.3) is 0 Å².